The molecule has 1 amide bonds. The predicted octanol–water partition coefficient (Wildman–Crippen LogP) is 3.31. The number of nitrogens with one attached hydrogen (secondary N) is 1. The molecule has 0 aromatic heterocycles. The molecule has 1 aliphatic heterocycles. The lowest BCUT2D eigenvalue weighted by atomic mass is 10.1. The molecule has 5 nitrogen and oxygen atoms in total. The second kappa shape index (κ2) is 7.45. The van der Waals surface area contributed by atoms with Crippen molar-refractivity contribution in [1.82, 2.24) is 4.90 Å². The third-order valence-electron chi connectivity index (χ3n) is 4.19. The average molecular weight is 379 g/mol. The van der Waals surface area contributed by atoms with Gasteiger partial charge in [-0.05, 0) is 42.7 Å². The molecule has 0 bridgehead atoms. The second-order valence-electron chi connectivity index (χ2n) is 5.96. The van der Waals surface area contributed by atoms with Crippen molar-refractivity contribution in [3.8, 4) is 0 Å². The summed E-state index contributed by atoms with van der Waals surface area (Å²) in [6.45, 7) is 1.48. The van der Waals surface area contributed by atoms with E-state index in [0.717, 1.165) is 18.5 Å². The van der Waals surface area contributed by atoms with Crippen LogP contribution in [0.4, 0.5) is 5.69 Å². The summed E-state index contributed by atoms with van der Waals surface area (Å²) in [6, 6.07) is 13.4. The van der Waals surface area contributed by atoms with Gasteiger partial charge in [-0.1, -0.05) is 35.9 Å². The number of para-hydroxylation sites is 1. The molecular formula is C18H19ClN2O3S. The van der Waals surface area contributed by atoms with Crippen molar-refractivity contribution < 1.29 is 13.2 Å². The largest absolute Gasteiger partial charge is 0.342 e. The number of sulfonamides is 1. The van der Waals surface area contributed by atoms with Crippen LogP contribution < -0.4 is 4.72 Å². The topological polar surface area (TPSA) is 66.5 Å². The van der Waals surface area contributed by atoms with E-state index in [0.29, 0.717) is 30.1 Å². The van der Waals surface area contributed by atoms with Crippen LogP contribution in [-0.4, -0.2) is 32.3 Å². The Bertz CT molecular complexity index is 866. The summed E-state index contributed by atoms with van der Waals surface area (Å²) in [5.41, 5.74) is 1.34. The number of amides is 1. The highest BCUT2D eigenvalue weighted by molar-refractivity contribution is 7.92. The first kappa shape index (κ1) is 17.8. The van der Waals surface area contributed by atoms with E-state index in [9.17, 15) is 13.2 Å². The number of benzene rings is 2. The van der Waals surface area contributed by atoms with Crippen LogP contribution in [-0.2, 0) is 21.2 Å². The van der Waals surface area contributed by atoms with Gasteiger partial charge in [0.15, 0.2) is 0 Å². The highest BCUT2D eigenvalue weighted by atomic mass is 35.5. The number of anilines is 1. The Morgan fingerprint density at radius 3 is 2.44 bits per heavy atom. The van der Waals surface area contributed by atoms with Gasteiger partial charge in [-0.2, -0.15) is 0 Å². The molecule has 132 valence electrons. The van der Waals surface area contributed by atoms with Gasteiger partial charge in [0.25, 0.3) is 10.0 Å². The summed E-state index contributed by atoms with van der Waals surface area (Å²) in [6.07, 6.45) is 2.26. The molecule has 1 heterocycles. The molecule has 0 unspecified atom stereocenters. The van der Waals surface area contributed by atoms with Crippen LogP contribution in [0.1, 0.15) is 18.4 Å². The summed E-state index contributed by atoms with van der Waals surface area (Å²) in [5.74, 6) is 0.197. The number of carbonyl (C=O) groups excluding carboxylic acids is 1. The summed E-state index contributed by atoms with van der Waals surface area (Å²) in [7, 11) is -3.69. The lowest BCUT2D eigenvalue weighted by molar-refractivity contribution is -0.127. The number of halogens is 1. The minimum absolute atomic E-state index is 0.174. The molecule has 1 N–H and O–H groups in total. The fraction of sp³-hybridized carbons (Fsp3) is 0.278. The van der Waals surface area contributed by atoms with Gasteiger partial charge in [0.1, 0.15) is 0 Å². The number of hydrogen-bond acceptors (Lipinski definition) is 3. The Labute approximate surface area is 152 Å². The smallest absolute Gasteiger partial charge is 0.261 e. The van der Waals surface area contributed by atoms with E-state index in [1.165, 1.54) is 0 Å². The van der Waals surface area contributed by atoms with Crippen LogP contribution >= 0.6 is 11.6 Å². The van der Waals surface area contributed by atoms with Gasteiger partial charge in [0, 0.05) is 19.5 Å². The van der Waals surface area contributed by atoms with E-state index < -0.39 is 10.0 Å². The van der Waals surface area contributed by atoms with Crippen LogP contribution in [0.25, 0.3) is 0 Å². The van der Waals surface area contributed by atoms with Gasteiger partial charge in [-0.25, -0.2) is 8.42 Å². The zero-order valence-corrected chi connectivity index (χ0v) is 15.2. The molecule has 0 radical (unpaired) electrons. The molecule has 7 heteroatoms. The Morgan fingerprint density at radius 1 is 1.08 bits per heavy atom. The maximum atomic E-state index is 12.5. The van der Waals surface area contributed by atoms with Crippen molar-refractivity contribution in [2.75, 3.05) is 17.8 Å². The number of nitrogens with zero attached hydrogens (tertiary/aromatic N) is 1. The minimum atomic E-state index is -3.69. The first-order valence-electron chi connectivity index (χ1n) is 8.10. The normalized spacial score (nSPS) is 14.8. The highest BCUT2D eigenvalue weighted by Gasteiger charge is 2.19. The summed E-state index contributed by atoms with van der Waals surface area (Å²) in [5, 5.41) is 0.345. The molecule has 3 rings (SSSR count). The van der Waals surface area contributed by atoms with Crippen LogP contribution in [0.15, 0.2) is 53.4 Å². The third-order valence-corrected chi connectivity index (χ3v) is 5.90. The van der Waals surface area contributed by atoms with Gasteiger partial charge >= 0.3 is 0 Å². The van der Waals surface area contributed by atoms with Crippen LogP contribution in [0, 0.1) is 0 Å². The van der Waals surface area contributed by atoms with Gasteiger partial charge in [-0.15, -0.1) is 0 Å². The number of hydrogen-bond donors (Lipinski definition) is 1. The van der Waals surface area contributed by atoms with Crippen molar-refractivity contribution in [1.29, 1.82) is 0 Å². The maximum absolute atomic E-state index is 12.5. The first-order valence-corrected chi connectivity index (χ1v) is 9.96. The van der Waals surface area contributed by atoms with Gasteiger partial charge < -0.3 is 4.90 Å². The molecule has 0 atom stereocenters. The SMILES string of the molecule is O=C1CCCN1CCc1ccc(S(=O)(=O)Nc2ccccc2Cl)cc1. The van der Waals surface area contributed by atoms with E-state index >= 15 is 0 Å². The van der Waals surface area contributed by atoms with Gasteiger partial charge in [0.05, 0.1) is 15.6 Å². The Morgan fingerprint density at radius 2 is 1.80 bits per heavy atom. The third kappa shape index (κ3) is 4.32. The van der Waals surface area contributed by atoms with Gasteiger partial charge in [0.2, 0.25) is 5.91 Å². The van der Waals surface area contributed by atoms with E-state index in [2.05, 4.69) is 4.72 Å². The summed E-state index contributed by atoms with van der Waals surface area (Å²) in [4.78, 5) is 13.6. The maximum Gasteiger partial charge on any atom is 0.261 e. The second-order valence-corrected chi connectivity index (χ2v) is 8.05. The fourth-order valence-corrected chi connectivity index (χ4v) is 4.11. The molecule has 0 saturated carbocycles. The summed E-state index contributed by atoms with van der Waals surface area (Å²) >= 11 is 6.00. The van der Waals surface area contributed by atoms with E-state index in [1.807, 2.05) is 4.90 Å². The molecule has 1 saturated heterocycles. The summed E-state index contributed by atoms with van der Waals surface area (Å²) < 4.78 is 27.4. The minimum Gasteiger partial charge on any atom is -0.342 e. The quantitative estimate of drug-likeness (QED) is 0.838. The Kier molecular flexibility index (Phi) is 5.30. The Hall–Kier alpha value is -2.05. The van der Waals surface area contributed by atoms with E-state index in [4.69, 9.17) is 11.6 Å². The zero-order chi connectivity index (χ0) is 17.9. The van der Waals surface area contributed by atoms with Crippen molar-refractivity contribution in [3.05, 3.63) is 59.1 Å². The standard InChI is InChI=1S/C18H19ClN2O3S/c19-16-4-1-2-5-17(16)20-25(23,24)15-9-7-14(8-10-15)11-13-21-12-3-6-18(21)22/h1-2,4-5,7-10,20H,3,6,11-13H2. The predicted molar refractivity (Wildman–Crippen MR) is 98.2 cm³/mol. The molecule has 2 aromatic rings. The van der Waals surface area contributed by atoms with E-state index in [1.54, 1.807) is 48.5 Å². The Balaban J connectivity index is 1.66. The van der Waals surface area contributed by atoms with Gasteiger partial charge in [-0.3, -0.25) is 9.52 Å². The van der Waals surface area contributed by atoms with Crippen LogP contribution in [0.5, 0.6) is 0 Å². The number of likely N-dealkylation sites (tertiary alicyclic amines) is 1. The average Bonchev–Trinajstić information content (AvgIpc) is 3.00. The molecule has 0 spiro atoms. The lowest BCUT2D eigenvalue weighted by Gasteiger charge is -2.15. The molecule has 2 aromatic carbocycles. The van der Waals surface area contributed by atoms with E-state index in [-0.39, 0.29) is 10.8 Å². The van der Waals surface area contributed by atoms with Crippen molar-refractivity contribution in [2.24, 2.45) is 0 Å². The molecular weight excluding hydrogens is 360 g/mol. The molecule has 25 heavy (non-hydrogen) atoms. The molecule has 1 fully saturated rings. The lowest BCUT2D eigenvalue weighted by Crippen LogP contribution is -2.26. The fourth-order valence-electron chi connectivity index (χ4n) is 2.79. The first-order chi connectivity index (χ1) is 12.0. The van der Waals surface area contributed by atoms with Crippen molar-refractivity contribution in [2.45, 2.75) is 24.2 Å². The molecule has 1 aliphatic rings. The number of rotatable bonds is 6. The highest BCUT2D eigenvalue weighted by Crippen LogP contribution is 2.24. The monoisotopic (exact) mass is 378 g/mol. The molecule has 0 aliphatic carbocycles. The van der Waals surface area contributed by atoms with Crippen LogP contribution in [0.3, 0.4) is 0 Å². The van der Waals surface area contributed by atoms with Crippen LogP contribution in [0.2, 0.25) is 5.02 Å². The van der Waals surface area contributed by atoms with Crippen molar-refractivity contribution in [3.63, 3.8) is 0 Å². The zero-order valence-electron chi connectivity index (χ0n) is 13.6. The number of carbonyl (C=O) groups is 1. The van der Waals surface area contributed by atoms with Crippen molar-refractivity contribution >= 4 is 33.2 Å².